The molecule has 4 heteroatoms. The highest BCUT2D eigenvalue weighted by Crippen LogP contribution is 2.23. The highest BCUT2D eigenvalue weighted by Gasteiger charge is 2.12. The molecule has 0 amide bonds. The summed E-state index contributed by atoms with van der Waals surface area (Å²) in [6, 6.07) is 13.6. The van der Waals surface area contributed by atoms with E-state index in [1.807, 2.05) is 38.4 Å². The van der Waals surface area contributed by atoms with Gasteiger partial charge in [0.05, 0.1) is 6.04 Å². The van der Waals surface area contributed by atoms with Crippen LogP contribution in [0.1, 0.15) is 17.2 Å². The molecule has 2 aromatic rings. The van der Waals surface area contributed by atoms with Gasteiger partial charge in [0.25, 0.3) is 0 Å². The molecule has 0 aromatic heterocycles. The summed E-state index contributed by atoms with van der Waals surface area (Å²) in [5.41, 5.74) is 7.48. The molecular weight excluding hydrogens is 267 g/mol. The van der Waals surface area contributed by atoms with Crippen molar-refractivity contribution in [3.05, 3.63) is 65.5 Å². The second-order valence-electron chi connectivity index (χ2n) is 5.22. The van der Waals surface area contributed by atoms with E-state index in [-0.39, 0.29) is 5.82 Å². The summed E-state index contributed by atoms with van der Waals surface area (Å²) >= 11 is 0. The van der Waals surface area contributed by atoms with Gasteiger partial charge in [0.1, 0.15) is 18.2 Å². The topological polar surface area (TPSA) is 38.5 Å². The van der Waals surface area contributed by atoms with Crippen LogP contribution >= 0.6 is 0 Å². The van der Waals surface area contributed by atoms with Gasteiger partial charge in [-0.25, -0.2) is 4.39 Å². The molecule has 0 heterocycles. The lowest BCUT2D eigenvalue weighted by molar-refractivity contribution is 0.261. The van der Waals surface area contributed by atoms with E-state index < -0.39 is 6.04 Å². The van der Waals surface area contributed by atoms with Crippen molar-refractivity contribution in [3.8, 4) is 5.75 Å². The standard InChI is InChI=1S/C17H21FN2O/c1-20(2)11-12-21-14-9-7-13(8-10-14)17(19)15-5-3-4-6-16(15)18/h3-10,17H,11-12,19H2,1-2H3. The molecule has 21 heavy (non-hydrogen) atoms. The van der Waals surface area contributed by atoms with E-state index in [9.17, 15) is 4.39 Å². The predicted octanol–water partition coefficient (Wildman–Crippen LogP) is 2.81. The van der Waals surface area contributed by atoms with E-state index in [1.54, 1.807) is 18.2 Å². The summed E-state index contributed by atoms with van der Waals surface area (Å²) in [6.45, 7) is 1.49. The van der Waals surface area contributed by atoms with E-state index in [0.29, 0.717) is 12.2 Å². The molecule has 1 unspecified atom stereocenters. The maximum atomic E-state index is 13.7. The lowest BCUT2D eigenvalue weighted by Gasteiger charge is -2.15. The normalized spacial score (nSPS) is 12.4. The van der Waals surface area contributed by atoms with Gasteiger partial charge in [-0.2, -0.15) is 0 Å². The van der Waals surface area contributed by atoms with Crippen molar-refractivity contribution >= 4 is 0 Å². The van der Waals surface area contributed by atoms with E-state index in [0.717, 1.165) is 17.9 Å². The third-order valence-electron chi connectivity index (χ3n) is 3.29. The quantitative estimate of drug-likeness (QED) is 0.888. The van der Waals surface area contributed by atoms with Crippen molar-refractivity contribution in [2.45, 2.75) is 6.04 Å². The first-order valence-corrected chi connectivity index (χ1v) is 6.95. The molecule has 0 saturated carbocycles. The predicted molar refractivity (Wildman–Crippen MR) is 82.9 cm³/mol. The number of nitrogens with two attached hydrogens (primary N) is 1. The molecule has 1 atom stereocenters. The molecule has 0 radical (unpaired) electrons. The second-order valence-corrected chi connectivity index (χ2v) is 5.22. The fraction of sp³-hybridized carbons (Fsp3) is 0.294. The first kappa shape index (κ1) is 15.5. The van der Waals surface area contributed by atoms with Crippen molar-refractivity contribution < 1.29 is 9.13 Å². The van der Waals surface area contributed by atoms with Crippen molar-refractivity contribution in [2.75, 3.05) is 27.2 Å². The molecule has 0 spiro atoms. The van der Waals surface area contributed by atoms with Crippen LogP contribution in [0.4, 0.5) is 4.39 Å². The van der Waals surface area contributed by atoms with Crippen LogP contribution in [0, 0.1) is 5.82 Å². The van der Waals surface area contributed by atoms with E-state index >= 15 is 0 Å². The van der Waals surface area contributed by atoms with Crippen molar-refractivity contribution in [3.63, 3.8) is 0 Å². The van der Waals surface area contributed by atoms with Crippen LogP contribution in [0.25, 0.3) is 0 Å². The first-order chi connectivity index (χ1) is 10.1. The van der Waals surface area contributed by atoms with Gasteiger partial charge < -0.3 is 15.4 Å². The zero-order valence-corrected chi connectivity index (χ0v) is 12.4. The Kier molecular flexibility index (Phi) is 5.31. The number of hydrogen-bond acceptors (Lipinski definition) is 3. The molecule has 0 aliphatic heterocycles. The Hall–Kier alpha value is -1.91. The number of benzene rings is 2. The van der Waals surface area contributed by atoms with Crippen LogP contribution in [0.5, 0.6) is 5.75 Å². The van der Waals surface area contributed by atoms with Crippen molar-refractivity contribution in [1.82, 2.24) is 4.90 Å². The molecule has 2 rings (SSSR count). The Morgan fingerprint density at radius 2 is 1.76 bits per heavy atom. The average Bonchev–Trinajstić information content (AvgIpc) is 2.47. The Morgan fingerprint density at radius 3 is 2.38 bits per heavy atom. The molecule has 0 fully saturated rings. The van der Waals surface area contributed by atoms with Crippen LogP contribution in [0.2, 0.25) is 0 Å². The molecule has 0 aliphatic rings. The molecule has 0 bridgehead atoms. The molecular formula is C17H21FN2O. The van der Waals surface area contributed by atoms with Crippen LogP contribution in [0.3, 0.4) is 0 Å². The fourth-order valence-electron chi connectivity index (χ4n) is 2.02. The van der Waals surface area contributed by atoms with Gasteiger partial charge in [-0.05, 0) is 37.9 Å². The summed E-state index contributed by atoms with van der Waals surface area (Å²) in [5, 5.41) is 0. The van der Waals surface area contributed by atoms with Gasteiger partial charge >= 0.3 is 0 Å². The molecule has 0 aliphatic carbocycles. The Labute approximate surface area is 125 Å². The largest absolute Gasteiger partial charge is 0.492 e. The molecule has 0 saturated heterocycles. The minimum atomic E-state index is -0.470. The zero-order valence-electron chi connectivity index (χ0n) is 12.4. The lowest BCUT2D eigenvalue weighted by Crippen LogP contribution is -2.19. The van der Waals surface area contributed by atoms with Gasteiger partial charge in [-0.15, -0.1) is 0 Å². The van der Waals surface area contributed by atoms with Crippen LogP contribution in [-0.4, -0.2) is 32.1 Å². The van der Waals surface area contributed by atoms with Crippen molar-refractivity contribution in [2.24, 2.45) is 5.73 Å². The molecule has 112 valence electrons. The number of rotatable bonds is 6. The van der Waals surface area contributed by atoms with Crippen LogP contribution in [-0.2, 0) is 0 Å². The van der Waals surface area contributed by atoms with Crippen LogP contribution in [0.15, 0.2) is 48.5 Å². The summed E-state index contributed by atoms with van der Waals surface area (Å²) in [4.78, 5) is 2.06. The Morgan fingerprint density at radius 1 is 1.10 bits per heavy atom. The highest BCUT2D eigenvalue weighted by atomic mass is 19.1. The summed E-state index contributed by atoms with van der Waals surface area (Å²) in [6.07, 6.45) is 0. The average molecular weight is 288 g/mol. The Balaban J connectivity index is 2.03. The summed E-state index contributed by atoms with van der Waals surface area (Å²) in [7, 11) is 4.00. The second kappa shape index (κ2) is 7.20. The molecule has 2 aromatic carbocycles. The summed E-state index contributed by atoms with van der Waals surface area (Å²) in [5.74, 6) is 0.512. The van der Waals surface area contributed by atoms with Gasteiger partial charge in [0.2, 0.25) is 0 Å². The van der Waals surface area contributed by atoms with Crippen molar-refractivity contribution in [1.29, 1.82) is 0 Å². The zero-order chi connectivity index (χ0) is 15.2. The lowest BCUT2D eigenvalue weighted by atomic mass is 9.99. The minimum Gasteiger partial charge on any atom is -0.492 e. The number of ether oxygens (including phenoxy) is 1. The van der Waals surface area contributed by atoms with E-state index in [1.165, 1.54) is 6.07 Å². The minimum absolute atomic E-state index is 0.281. The maximum Gasteiger partial charge on any atom is 0.128 e. The third-order valence-corrected chi connectivity index (χ3v) is 3.29. The first-order valence-electron chi connectivity index (χ1n) is 6.95. The molecule has 3 nitrogen and oxygen atoms in total. The maximum absolute atomic E-state index is 13.7. The number of hydrogen-bond donors (Lipinski definition) is 1. The molecule has 2 N–H and O–H groups in total. The Bertz CT molecular complexity index is 569. The highest BCUT2D eigenvalue weighted by molar-refractivity contribution is 5.35. The number of halogens is 1. The van der Waals surface area contributed by atoms with Crippen LogP contribution < -0.4 is 10.5 Å². The fourth-order valence-corrected chi connectivity index (χ4v) is 2.02. The monoisotopic (exact) mass is 288 g/mol. The number of nitrogens with zero attached hydrogens (tertiary/aromatic N) is 1. The summed E-state index contributed by atoms with van der Waals surface area (Å²) < 4.78 is 19.4. The van der Waals surface area contributed by atoms with Gasteiger partial charge in [0.15, 0.2) is 0 Å². The van der Waals surface area contributed by atoms with Gasteiger partial charge in [-0.1, -0.05) is 30.3 Å². The SMILES string of the molecule is CN(C)CCOc1ccc(C(N)c2ccccc2F)cc1. The van der Waals surface area contributed by atoms with E-state index in [2.05, 4.69) is 4.90 Å². The van der Waals surface area contributed by atoms with Gasteiger partial charge in [0, 0.05) is 12.1 Å². The van der Waals surface area contributed by atoms with Gasteiger partial charge in [-0.3, -0.25) is 0 Å². The van der Waals surface area contributed by atoms with E-state index in [4.69, 9.17) is 10.5 Å². The number of likely N-dealkylation sites (N-methyl/N-ethyl adjacent to an activating group) is 1. The smallest absolute Gasteiger partial charge is 0.128 e. The third kappa shape index (κ3) is 4.28.